The first-order valence-electron chi connectivity index (χ1n) is 3.63. The van der Waals surface area contributed by atoms with Crippen LogP contribution in [0.2, 0.25) is 5.02 Å². The number of aliphatic hydroxyl groups excluding tert-OH is 1. The van der Waals surface area contributed by atoms with E-state index in [0.717, 1.165) is 0 Å². The fraction of sp³-hybridized carbons (Fsp3) is 0.125. The zero-order chi connectivity index (χ0) is 11.7. The van der Waals surface area contributed by atoms with Gasteiger partial charge in [0.25, 0.3) is 0 Å². The standard InChI is InChI=1S/C8H5ClF2O4/c9-3-1-2(6(12)8(14)15)4(10)5(11)7(3)13/h1,6,12-13H,(H,14,15). The summed E-state index contributed by atoms with van der Waals surface area (Å²) in [5.74, 6) is -6.23. The maximum atomic E-state index is 13.0. The van der Waals surface area contributed by atoms with Crippen LogP contribution in [0.15, 0.2) is 6.07 Å². The number of hydrogen-bond donors (Lipinski definition) is 3. The number of phenolic OH excluding ortho intramolecular Hbond substituents is 1. The fourth-order valence-electron chi connectivity index (χ4n) is 0.936. The van der Waals surface area contributed by atoms with Crippen molar-refractivity contribution in [2.24, 2.45) is 0 Å². The van der Waals surface area contributed by atoms with E-state index in [0.29, 0.717) is 6.07 Å². The number of phenols is 1. The van der Waals surface area contributed by atoms with Gasteiger partial charge in [-0.25, -0.2) is 9.18 Å². The van der Waals surface area contributed by atoms with Gasteiger partial charge < -0.3 is 15.3 Å². The number of carbonyl (C=O) groups is 1. The van der Waals surface area contributed by atoms with Crippen LogP contribution in [0, 0.1) is 11.6 Å². The van der Waals surface area contributed by atoms with E-state index in [9.17, 15) is 13.6 Å². The molecule has 1 atom stereocenters. The molecule has 1 aromatic rings. The molecule has 0 bridgehead atoms. The summed E-state index contributed by atoms with van der Waals surface area (Å²) in [6.07, 6.45) is -2.24. The molecule has 0 saturated heterocycles. The van der Waals surface area contributed by atoms with Crippen molar-refractivity contribution < 1.29 is 28.9 Å². The van der Waals surface area contributed by atoms with Gasteiger partial charge in [-0.1, -0.05) is 11.6 Å². The van der Waals surface area contributed by atoms with E-state index in [2.05, 4.69) is 0 Å². The van der Waals surface area contributed by atoms with Crippen LogP contribution < -0.4 is 0 Å². The van der Waals surface area contributed by atoms with Gasteiger partial charge in [0.15, 0.2) is 17.7 Å². The molecule has 15 heavy (non-hydrogen) atoms. The molecule has 0 spiro atoms. The monoisotopic (exact) mass is 238 g/mol. The lowest BCUT2D eigenvalue weighted by molar-refractivity contribution is -0.147. The summed E-state index contributed by atoms with van der Waals surface area (Å²) in [7, 11) is 0. The van der Waals surface area contributed by atoms with Crippen molar-refractivity contribution >= 4 is 17.6 Å². The van der Waals surface area contributed by atoms with Crippen LogP contribution in [-0.4, -0.2) is 21.3 Å². The topological polar surface area (TPSA) is 77.8 Å². The molecule has 0 saturated carbocycles. The Bertz CT molecular complexity index is 422. The Hall–Kier alpha value is -1.40. The van der Waals surface area contributed by atoms with Crippen molar-refractivity contribution in [3.8, 4) is 5.75 Å². The van der Waals surface area contributed by atoms with E-state index < -0.39 is 40.0 Å². The predicted molar refractivity (Wildman–Crippen MR) is 45.6 cm³/mol. The second-order valence-corrected chi connectivity index (χ2v) is 3.07. The molecule has 1 rings (SSSR count). The van der Waals surface area contributed by atoms with Crippen molar-refractivity contribution in [2.45, 2.75) is 6.10 Å². The Kier molecular flexibility index (Phi) is 3.11. The largest absolute Gasteiger partial charge is 0.504 e. The minimum atomic E-state index is -2.24. The first-order valence-corrected chi connectivity index (χ1v) is 4.01. The molecule has 1 aromatic carbocycles. The zero-order valence-electron chi connectivity index (χ0n) is 7.04. The van der Waals surface area contributed by atoms with E-state index in [1.165, 1.54) is 0 Å². The summed E-state index contributed by atoms with van der Waals surface area (Å²) in [6.45, 7) is 0. The normalized spacial score (nSPS) is 12.5. The van der Waals surface area contributed by atoms with Gasteiger partial charge in [-0.15, -0.1) is 0 Å². The van der Waals surface area contributed by atoms with E-state index in [-0.39, 0.29) is 0 Å². The Morgan fingerprint density at radius 1 is 1.40 bits per heavy atom. The van der Waals surface area contributed by atoms with Crippen LogP contribution in [0.4, 0.5) is 8.78 Å². The van der Waals surface area contributed by atoms with Gasteiger partial charge in [0.2, 0.25) is 5.82 Å². The van der Waals surface area contributed by atoms with Gasteiger partial charge >= 0.3 is 5.97 Å². The summed E-state index contributed by atoms with van der Waals surface area (Å²) in [4.78, 5) is 10.3. The average molecular weight is 239 g/mol. The summed E-state index contributed by atoms with van der Waals surface area (Å²) < 4.78 is 25.9. The van der Waals surface area contributed by atoms with Gasteiger partial charge in [-0.2, -0.15) is 4.39 Å². The van der Waals surface area contributed by atoms with E-state index >= 15 is 0 Å². The zero-order valence-corrected chi connectivity index (χ0v) is 7.79. The smallest absolute Gasteiger partial charge is 0.337 e. The molecule has 0 amide bonds. The molecule has 0 aliphatic heterocycles. The Morgan fingerprint density at radius 2 is 1.93 bits per heavy atom. The quantitative estimate of drug-likeness (QED) is 0.682. The fourth-order valence-corrected chi connectivity index (χ4v) is 1.14. The lowest BCUT2D eigenvalue weighted by atomic mass is 10.1. The Balaban J connectivity index is 3.38. The van der Waals surface area contributed by atoms with E-state index in [1.807, 2.05) is 0 Å². The highest BCUT2D eigenvalue weighted by Gasteiger charge is 2.25. The first-order chi connectivity index (χ1) is 6.86. The molecule has 0 aliphatic rings. The summed E-state index contributed by atoms with van der Waals surface area (Å²) in [6, 6.07) is 0.647. The summed E-state index contributed by atoms with van der Waals surface area (Å²) in [5, 5.41) is 25.6. The molecule has 0 fully saturated rings. The number of benzene rings is 1. The summed E-state index contributed by atoms with van der Waals surface area (Å²) >= 11 is 5.28. The maximum Gasteiger partial charge on any atom is 0.337 e. The average Bonchev–Trinajstić information content (AvgIpc) is 2.19. The SMILES string of the molecule is O=C(O)C(O)c1cc(Cl)c(O)c(F)c1F. The molecule has 7 heteroatoms. The number of carboxylic acid groups (broad SMARTS) is 1. The molecule has 1 unspecified atom stereocenters. The lowest BCUT2D eigenvalue weighted by Gasteiger charge is -2.09. The first kappa shape index (κ1) is 11.7. The van der Waals surface area contributed by atoms with Crippen molar-refractivity contribution in [1.29, 1.82) is 0 Å². The molecule has 82 valence electrons. The minimum absolute atomic E-state index is 0.579. The molecule has 0 aliphatic carbocycles. The third-order valence-electron chi connectivity index (χ3n) is 1.69. The maximum absolute atomic E-state index is 13.0. The van der Waals surface area contributed by atoms with Gasteiger partial charge in [0, 0.05) is 5.56 Å². The third-order valence-corrected chi connectivity index (χ3v) is 1.98. The Morgan fingerprint density at radius 3 is 2.40 bits per heavy atom. The van der Waals surface area contributed by atoms with Crippen molar-refractivity contribution in [3.05, 3.63) is 28.3 Å². The van der Waals surface area contributed by atoms with Crippen LogP contribution in [0.5, 0.6) is 5.75 Å². The number of aromatic hydroxyl groups is 1. The highest BCUT2D eigenvalue weighted by Crippen LogP contribution is 2.33. The third kappa shape index (κ3) is 2.00. The van der Waals surface area contributed by atoms with Gasteiger partial charge in [-0.3, -0.25) is 0 Å². The van der Waals surface area contributed by atoms with E-state index in [4.69, 9.17) is 26.9 Å². The molecular formula is C8H5ClF2O4. The molecule has 0 aromatic heterocycles. The van der Waals surface area contributed by atoms with Crippen LogP contribution in [-0.2, 0) is 4.79 Å². The molecular weight excluding hydrogens is 234 g/mol. The molecule has 4 nitrogen and oxygen atoms in total. The van der Waals surface area contributed by atoms with Crippen LogP contribution in [0.1, 0.15) is 11.7 Å². The number of aliphatic carboxylic acids is 1. The highest BCUT2D eigenvalue weighted by molar-refractivity contribution is 6.32. The molecule has 0 heterocycles. The Labute approximate surface area is 87.3 Å². The number of aliphatic hydroxyl groups is 1. The van der Waals surface area contributed by atoms with Crippen LogP contribution in [0.3, 0.4) is 0 Å². The van der Waals surface area contributed by atoms with Crippen LogP contribution in [0.25, 0.3) is 0 Å². The molecule has 0 radical (unpaired) electrons. The number of carboxylic acids is 1. The second kappa shape index (κ2) is 4.00. The number of rotatable bonds is 2. The highest BCUT2D eigenvalue weighted by atomic mass is 35.5. The van der Waals surface area contributed by atoms with Crippen LogP contribution >= 0.6 is 11.6 Å². The summed E-state index contributed by atoms with van der Waals surface area (Å²) in [5.41, 5.74) is -0.845. The molecule has 3 N–H and O–H groups in total. The van der Waals surface area contributed by atoms with Gasteiger partial charge in [-0.05, 0) is 6.07 Å². The van der Waals surface area contributed by atoms with E-state index in [1.54, 1.807) is 0 Å². The number of hydrogen-bond acceptors (Lipinski definition) is 3. The van der Waals surface area contributed by atoms with Crippen molar-refractivity contribution in [3.63, 3.8) is 0 Å². The number of halogens is 3. The van der Waals surface area contributed by atoms with Gasteiger partial charge in [0.05, 0.1) is 5.02 Å². The second-order valence-electron chi connectivity index (χ2n) is 2.66. The van der Waals surface area contributed by atoms with Crippen molar-refractivity contribution in [2.75, 3.05) is 0 Å². The van der Waals surface area contributed by atoms with Gasteiger partial charge in [0.1, 0.15) is 0 Å². The van der Waals surface area contributed by atoms with Crippen molar-refractivity contribution in [1.82, 2.24) is 0 Å². The minimum Gasteiger partial charge on any atom is -0.504 e. The lowest BCUT2D eigenvalue weighted by Crippen LogP contribution is -2.13. The predicted octanol–water partition coefficient (Wildman–Crippen LogP) is 1.44.